The molecule has 0 saturated heterocycles. The average molecular weight is 403 g/mol. The lowest BCUT2D eigenvalue weighted by atomic mass is 10.2. The van der Waals surface area contributed by atoms with Crippen molar-refractivity contribution in [2.24, 2.45) is 0 Å². The first-order chi connectivity index (χ1) is 13.0. The second kappa shape index (κ2) is 8.96. The fraction of sp³-hybridized carbons (Fsp3) is 0.211. The van der Waals surface area contributed by atoms with Crippen LogP contribution in [0.3, 0.4) is 0 Å². The minimum absolute atomic E-state index is 0.0204. The maximum atomic E-state index is 13.0. The summed E-state index contributed by atoms with van der Waals surface area (Å²) in [6.45, 7) is 2.46. The molecule has 140 valence electrons. The van der Waals surface area contributed by atoms with Gasteiger partial charge in [0.1, 0.15) is 5.82 Å². The summed E-state index contributed by atoms with van der Waals surface area (Å²) in [6, 6.07) is 14.1. The van der Waals surface area contributed by atoms with E-state index in [1.807, 2.05) is 31.2 Å². The van der Waals surface area contributed by atoms with Crippen molar-refractivity contribution in [1.29, 1.82) is 0 Å². The second-order valence-corrected chi connectivity index (χ2v) is 8.18. The number of nitrogens with one attached hydrogen (secondary N) is 1. The van der Waals surface area contributed by atoms with Crippen LogP contribution in [0.2, 0.25) is 0 Å². The minimum atomic E-state index is -0.283. The molecule has 1 heterocycles. The molecule has 0 aliphatic rings. The molecular weight excluding hydrogens is 383 g/mol. The van der Waals surface area contributed by atoms with Crippen LogP contribution >= 0.6 is 23.1 Å². The van der Waals surface area contributed by atoms with Gasteiger partial charge in [-0.2, -0.15) is 0 Å². The normalized spacial score (nSPS) is 10.6. The number of carbonyl (C=O) groups is 1. The van der Waals surface area contributed by atoms with Crippen LogP contribution in [0.1, 0.15) is 11.1 Å². The van der Waals surface area contributed by atoms with Crippen LogP contribution in [0.15, 0.2) is 52.9 Å². The smallest absolute Gasteiger partial charge is 0.233 e. The highest BCUT2D eigenvalue weighted by atomic mass is 32.2. The van der Waals surface area contributed by atoms with Gasteiger partial charge in [0.05, 0.1) is 5.75 Å². The topological polar surface area (TPSA) is 58.1 Å². The number of para-hydroxylation sites is 1. The number of rotatable bonds is 7. The molecule has 0 aliphatic carbocycles. The molecule has 1 amide bonds. The first-order valence-corrected chi connectivity index (χ1v) is 10.1. The van der Waals surface area contributed by atoms with E-state index in [0.29, 0.717) is 11.7 Å². The lowest BCUT2D eigenvalue weighted by molar-refractivity contribution is -0.127. The molecular formula is C19H19FN4OS2. The van der Waals surface area contributed by atoms with Gasteiger partial charge in [-0.3, -0.25) is 4.79 Å². The molecule has 0 fully saturated rings. The Kier molecular flexibility index (Phi) is 6.41. The summed E-state index contributed by atoms with van der Waals surface area (Å²) in [5, 5.41) is 12.2. The van der Waals surface area contributed by atoms with Gasteiger partial charge >= 0.3 is 0 Å². The highest BCUT2D eigenvalue weighted by Crippen LogP contribution is 2.28. The highest BCUT2D eigenvalue weighted by Gasteiger charge is 2.13. The van der Waals surface area contributed by atoms with Gasteiger partial charge < -0.3 is 10.2 Å². The van der Waals surface area contributed by atoms with Crippen LogP contribution in [-0.2, 0) is 11.3 Å². The van der Waals surface area contributed by atoms with Crippen LogP contribution in [0.5, 0.6) is 0 Å². The predicted molar refractivity (Wildman–Crippen MR) is 108 cm³/mol. The van der Waals surface area contributed by atoms with Gasteiger partial charge in [-0.1, -0.05) is 53.4 Å². The fourth-order valence-corrected chi connectivity index (χ4v) is 4.04. The summed E-state index contributed by atoms with van der Waals surface area (Å²) in [5.41, 5.74) is 3.00. The standard InChI is InChI=1S/C19H19FN4OS2/c1-13-5-3-4-6-16(13)21-18-22-23-19(27-18)26-12-17(25)24(2)11-14-7-9-15(20)10-8-14/h3-10H,11-12H2,1-2H3,(H,21,22). The highest BCUT2D eigenvalue weighted by molar-refractivity contribution is 8.01. The summed E-state index contributed by atoms with van der Waals surface area (Å²) in [6.07, 6.45) is 0. The van der Waals surface area contributed by atoms with Crippen LogP contribution in [-0.4, -0.2) is 33.8 Å². The van der Waals surface area contributed by atoms with Crippen molar-refractivity contribution in [3.05, 3.63) is 65.5 Å². The first-order valence-electron chi connectivity index (χ1n) is 8.28. The van der Waals surface area contributed by atoms with Gasteiger partial charge in [0.2, 0.25) is 11.0 Å². The largest absolute Gasteiger partial charge is 0.341 e. The first kappa shape index (κ1) is 19.3. The van der Waals surface area contributed by atoms with Gasteiger partial charge in [0, 0.05) is 19.3 Å². The monoisotopic (exact) mass is 402 g/mol. The molecule has 0 aliphatic heterocycles. The molecule has 3 rings (SSSR count). The molecule has 0 bridgehead atoms. The minimum Gasteiger partial charge on any atom is -0.341 e. The molecule has 2 aromatic carbocycles. The van der Waals surface area contributed by atoms with E-state index in [4.69, 9.17) is 0 Å². The van der Waals surface area contributed by atoms with Crippen molar-refractivity contribution in [1.82, 2.24) is 15.1 Å². The zero-order chi connectivity index (χ0) is 19.2. The van der Waals surface area contributed by atoms with Crippen LogP contribution < -0.4 is 5.32 Å². The zero-order valence-electron chi connectivity index (χ0n) is 15.0. The molecule has 1 N–H and O–H groups in total. The zero-order valence-corrected chi connectivity index (χ0v) is 16.6. The number of halogens is 1. The summed E-state index contributed by atoms with van der Waals surface area (Å²) in [7, 11) is 1.73. The Hall–Kier alpha value is -2.45. The molecule has 0 unspecified atom stereocenters. The molecule has 0 saturated carbocycles. The number of aryl methyl sites for hydroxylation is 1. The number of hydrogen-bond acceptors (Lipinski definition) is 6. The molecule has 0 atom stereocenters. The van der Waals surface area contributed by atoms with Crippen molar-refractivity contribution in [2.75, 3.05) is 18.1 Å². The maximum Gasteiger partial charge on any atom is 0.233 e. The van der Waals surface area contributed by atoms with E-state index in [1.54, 1.807) is 24.1 Å². The van der Waals surface area contributed by atoms with Crippen LogP contribution in [0, 0.1) is 12.7 Å². The number of hydrogen-bond donors (Lipinski definition) is 1. The number of carbonyl (C=O) groups excluding carboxylic acids is 1. The van der Waals surface area contributed by atoms with Crippen LogP contribution in [0.25, 0.3) is 0 Å². The number of nitrogens with zero attached hydrogens (tertiary/aromatic N) is 3. The molecule has 3 aromatic rings. The summed E-state index contributed by atoms with van der Waals surface area (Å²) < 4.78 is 13.7. The number of anilines is 2. The Bertz CT molecular complexity index is 914. The lowest BCUT2D eigenvalue weighted by Gasteiger charge is -2.16. The Balaban J connectivity index is 1.51. The van der Waals surface area contributed by atoms with E-state index in [0.717, 1.165) is 21.2 Å². The molecule has 27 heavy (non-hydrogen) atoms. The van der Waals surface area contributed by atoms with Crippen LogP contribution in [0.4, 0.5) is 15.2 Å². The third-order valence-corrected chi connectivity index (χ3v) is 5.83. The number of amides is 1. The molecule has 0 radical (unpaired) electrons. The van der Waals surface area contributed by atoms with E-state index >= 15 is 0 Å². The van der Waals surface area contributed by atoms with Crippen molar-refractivity contribution >= 4 is 39.8 Å². The fourth-order valence-electron chi connectivity index (χ4n) is 2.33. The van der Waals surface area contributed by atoms with Gasteiger partial charge in [-0.05, 0) is 36.2 Å². The third kappa shape index (κ3) is 5.51. The molecule has 1 aromatic heterocycles. The van der Waals surface area contributed by atoms with E-state index in [2.05, 4.69) is 15.5 Å². The van der Waals surface area contributed by atoms with E-state index in [9.17, 15) is 9.18 Å². The van der Waals surface area contributed by atoms with Gasteiger partial charge in [0.25, 0.3) is 0 Å². The summed E-state index contributed by atoms with van der Waals surface area (Å²) in [5.74, 6) is -0.0286. The maximum absolute atomic E-state index is 13.0. The Morgan fingerprint density at radius 3 is 2.67 bits per heavy atom. The van der Waals surface area contributed by atoms with Gasteiger partial charge in [-0.15, -0.1) is 10.2 Å². The van der Waals surface area contributed by atoms with Crippen molar-refractivity contribution in [3.63, 3.8) is 0 Å². The molecule has 5 nitrogen and oxygen atoms in total. The third-order valence-electron chi connectivity index (χ3n) is 3.87. The summed E-state index contributed by atoms with van der Waals surface area (Å²) in [4.78, 5) is 13.9. The Morgan fingerprint density at radius 2 is 1.93 bits per heavy atom. The van der Waals surface area contributed by atoms with E-state index in [-0.39, 0.29) is 17.5 Å². The molecule has 0 spiro atoms. The van der Waals surface area contributed by atoms with Gasteiger partial charge in [0.15, 0.2) is 4.34 Å². The Morgan fingerprint density at radius 1 is 1.19 bits per heavy atom. The van der Waals surface area contributed by atoms with Crippen molar-refractivity contribution in [2.45, 2.75) is 17.8 Å². The number of aromatic nitrogens is 2. The van der Waals surface area contributed by atoms with E-state index < -0.39 is 0 Å². The van der Waals surface area contributed by atoms with Crippen molar-refractivity contribution < 1.29 is 9.18 Å². The number of thioether (sulfide) groups is 1. The van der Waals surface area contributed by atoms with Crippen molar-refractivity contribution in [3.8, 4) is 0 Å². The SMILES string of the molecule is Cc1ccccc1Nc1nnc(SCC(=O)N(C)Cc2ccc(F)cc2)s1. The van der Waals surface area contributed by atoms with E-state index in [1.165, 1.54) is 35.2 Å². The molecule has 8 heteroatoms. The number of benzene rings is 2. The predicted octanol–water partition coefficient (Wildman–Crippen LogP) is 4.48. The quantitative estimate of drug-likeness (QED) is 0.591. The lowest BCUT2D eigenvalue weighted by Crippen LogP contribution is -2.27. The average Bonchev–Trinajstić information content (AvgIpc) is 3.11. The summed E-state index contributed by atoms with van der Waals surface area (Å²) >= 11 is 2.77. The second-order valence-electron chi connectivity index (χ2n) is 5.98. The Labute approximate surface area is 165 Å². The van der Waals surface area contributed by atoms with Gasteiger partial charge in [-0.25, -0.2) is 4.39 Å².